The predicted molar refractivity (Wildman–Crippen MR) is 104 cm³/mol. The number of carbonyl (C=O) groups is 1. The van der Waals surface area contributed by atoms with Crippen molar-refractivity contribution < 1.29 is 9.53 Å². The number of ether oxygens (including phenoxy) is 1. The van der Waals surface area contributed by atoms with E-state index in [1.165, 1.54) is 6.21 Å². The number of benzene rings is 2. The SMILES string of the molecule is Cc1ccc2cc(/C=N\NC(=O)COc3ccccc3C)c(Cl)nc2c1. The molecule has 3 rings (SSSR count). The van der Waals surface area contributed by atoms with Crippen LogP contribution in [-0.4, -0.2) is 23.7 Å². The fourth-order valence-electron chi connectivity index (χ4n) is 2.43. The van der Waals surface area contributed by atoms with Crippen LogP contribution in [0.2, 0.25) is 5.15 Å². The summed E-state index contributed by atoms with van der Waals surface area (Å²) in [6.45, 7) is 3.80. The molecule has 26 heavy (non-hydrogen) atoms. The molecule has 0 aliphatic heterocycles. The van der Waals surface area contributed by atoms with E-state index < -0.39 is 0 Å². The molecule has 0 atom stereocenters. The van der Waals surface area contributed by atoms with Crippen molar-refractivity contribution in [1.82, 2.24) is 10.4 Å². The Hall–Kier alpha value is -2.92. The smallest absolute Gasteiger partial charge is 0.277 e. The van der Waals surface area contributed by atoms with Gasteiger partial charge in [-0.25, -0.2) is 10.4 Å². The van der Waals surface area contributed by atoms with E-state index >= 15 is 0 Å². The van der Waals surface area contributed by atoms with Crippen molar-refractivity contribution in [3.05, 3.63) is 70.4 Å². The van der Waals surface area contributed by atoms with Crippen LogP contribution in [0.4, 0.5) is 0 Å². The van der Waals surface area contributed by atoms with Gasteiger partial charge in [0.15, 0.2) is 6.61 Å². The van der Waals surface area contributed by atoms with E-state index in [9.17, 15) is 4.79 Å². The maximum Gasteiger partial charge on any atom is 0.277 e. The van der Waals surface area contributed by atoms with Gasteiger partial charge in [-0.1, -0.05) is 41.9 Å². The Morgan fingerprint density at radius 1 is 1.23 bits per heavy atom. The molecule has 0 aliphatic rings. The molecule has 0 radical (unpaired) electrons. The summed E-state index contributed by atoms with van der Waals surface area (Å²) in [4.78, 5) is 16.2. The zero-order valence-electron chi connectivity index (χ0n) is 14.5. The van der Waals surface area contributed by atoms with Crippen molar-refractivity contribution in [2.24, 2.45) is 5.10 Å². The van der Waals surface area contributed by atoms with Crippen molar-refractivity contribution in [1.29, 1.82) is 0 Å². The first-order valence-electron chi connectivity index (χ1n) is 8.10. The van der Waals surface area contributed by atoms with Gasteiger partial charge < -0.3 is 4.74 Å². The highest BCUT2D eigenvalue weighted by Crippen LogP contribution is 2.20. The molecule has 0 aliphatic carbocycles. The van der Waals surface area contributed by atoms with Gasteiger partial charge in [0.25, 0.3) is 5.91 Å². The number of hydrogen-bond donors (Lipinski definition) is 1. The third kappa shape index (κ3) is 4.37. The lowest BCUT2D eigenvalue weighted by molar-refractivity contribution is -0.123. The van der Waals surface area contributed by atoms with Crippen LogP contribution in [-0.2, 0) is 4.79 Å². The Balaban J connectivity index is 1.62. The Bertz CT molecular complexity index is 986. The Morgan fingerprint density at radius 3 is 2.85 bits per heavy atom. The highest BCUT2D eigenvalue weighted by atomic mass is 35.5. The Morgan fingerprint density at radius 2 is 2.04 bits per heavy atom. The quantitative estimate of drug-likeness (QED) is 0.420. The van der Waals surface area contributed by atoms with E-state index in [0.717, 1.165) is 22.0 Å². The number of pyridine rings is 1. The fourth-order valence-corrected chi connectivity index (χ4v) is 2.62. The third-order valence-electron chi connectivity index (χ3n) is 3.80. The van der Waals surface area contributed by atoms with Gasteiger partial charge in [-0.3, -0.25) is 4.79 Å². The molecule has 5 nitrogen and oxygen atoms in total. The highest BCUT2D eigenvalue weighted by molar-refractivity contribution is 6.32. The summed E-state index contributed by atoms with van der Waals surface area (Å²) in [5.41, 5.74) is 5.95. The molecular weight excluding hydrogens is 350 g/mol. The molecule has 1 N–H and O–H groups in total. The zero-order chi connectivity index (χ0) is 18.5. The van der Waals surface area contributed by atoms with Gasteiger partial charge in [0.2, 0.25) is 0 Å². The van der Waals surface area contributed by atoms with Gasteiger partial charge in [-0.2, -0.15) is 5.10 Å². The number of nitrogens with one attached hydrogen (secondary N) is 1. The van der Waals surface area contributed by atoms with Gasteiger partial charge in [0.1, 0.15) is 10.9 Å². The van der Waals surface area contributed by atoms with E-state index in [-0.39, 0.29) is 12.5 Å². The normalized spacial score (nSPS) is 11.0. The summed E-state index contributed by atoms with van der Waals surface area (Å²) in [6, 6.07) is 15.3. The number of aryl methyl sites for hydroxylation is 2. The van der Waals surface area contributed by atoms with Crippen LogP contribution in [0.15, 0.2) is 53.6 Å². The number of amides is 1. The molecule has 3 aromatic rings. The first-order valence-corrected chi connectivity index (χ1v) is 8.48. The highest BCUT2D eigenvalue weighted by Gasteiger charge is 2.05. The van der Waals surface area contributed by atoms with Gasteiger partial charge in [-0.15, -0.1) is 0 Å². The number of hydrogen-bond acceptors (Lipinski definition) is 4. The molecule has 132 valence electrons. The molecule has 0 spiro atoms. The summed E-state index contributed by atoms with van der Waals surface area (Å²) in [7, 11) is 0. The maximum atomic E-state index is 11.9. The monoisotopic (exact) mass is 367 g/mol. The van der Waals surface area contributed by atoms with E-state index in [4.69, 9.17) is 16.3 Å². The van der Waals surface area contributed by atoms with Crippen molar-refractivity contribution in [2.45, 2.75) is 13.8 Å². The van der Waals surface area contributed by atoms with Gasteiger partial charge in [-0.05, 0) is 43.2 Å². The van der Waals surface area contributed by atoms with E-state index in [1.54, 1.807) is 0 Å². The summed E-state index contributed by atoms with van der Waals surface area (Å²) in [6.07, 6.45) is 1.47. The molecule has 0 saturated carbocycles. The maximum absolute atomic E-state index is 11.9. The molecule has 6 heteroatoms. The molecule has 1 heterocycles. The third-order valence-corrected chi connectivity index (χ3v) is 4.10. The van der Waals surface area contributed by atoms with Gasteiger partial charge in [0, 0.05) is 10.9 Å². The second kappa shape index (κ2) is 7.97. The largest absolute Gasteiger partial charge is 0.483 e. The van der Waals surface area contributed by atoms with Crippen molar-refractivity contribution in [3.8, 4) is 5.75 Å². The fraction of sp³-hybridized carbons (Fsp3) is 0.150. The first-order chi connectivity index (χ1) is 12.5. The average molecular weight is 368 g/mol. The minimum Gasteiger partial charge on any atom is -0.483 e. The van der Waals surface area contributed by atoms with E-state index in [1.807, 2.05) is 62.4 Å². The minimum atomic E-state index is -0.356. The molecule has 2 aromatic carbocycles. The Labute approximate surface area is 156 Å². The van der Waals surface area contributed by atoms with Crippen molar-refractivity contribution in [3.63, 3.8) is 0 Å². The molecule has 1 amide bonds. The second-order valence-electron chi connectivity index (χ2n) is 5.91. The van der Waals surface area contributed by atoms with Crippen LogP contribution in [0.3, 0.4) is 0 Å². The lowest BCUT2D eigenvalue weighted by atomic mass is 10.1. The minimum absolute atomic E-state index is 0.120. The van der Waals surface area contributed by atoms with Crippen LogP contribution >= 0.6 is 11.6 Å². The second-order valence-corrected chi connectivity index (χ2v) is 6.27. The number of hydrazone groups is 1. The summed E-state index contributed by atoms with van der Waals surface area (Å²) in [5, 5.41) is 5.22. The average Bonchev–Trinajstić information content (AvgIpc) is 2.61. The molecule has 1 aromatic heterocycles. The molecular formula is C20H18ClN3O2. The van der Waals surface area contributed by atoms with Crippen LogP contribution in [0.25, 0.3) is 10.9 Å². The first kappa shape index (κ1) is 17.9. The number of fused-ring (bicyclic) bond motifs is 1. The lowest BCUT2D eigenvalue weighted by Gasteiger charge is -2.07. The number of carbonyl (C=O) groups excluding carboxylic acids is 1. The van der Waals surface area contributed by atoms with Crippen molar-refractivity contribution in [2.75, 3.05) is 6.61 Å². The van der Waals surface area contributed by atoms with Crippen LogP contribution < -0.4 is 10.2 Å². The van der Waals surface area contributed by atoms with Gasteiger partial charge >= 0.3 is 0 Å². The van der Waals surface area contributed by atoms with E-state index in [2.05, 4.69) is 15.5 Å². The topological polar surface area (TPSA) is 63.6 Å². The van der Waals surface area contributed by atoms with E-state index in [0.29, 0.717) is 16.5 Å². The predicted octanol–water partition coefficient (Wildman–Crippen LogP) is 4.03. The van der Waals surface area contributed by atoms with Crippen LogP contribution in [0.1, 0.15) is 16.7 Å². The zero-order valence-corrected chi connectivity index (χ0v) is 15.2. The van der Waals surface area contributed by atoms with Crippen LogP contribution in [0, 0.1) is 13.8 Å². The summed E-state index contributed by atoms with van der Waals surface area (Å²) >= 11 is 6.19. The van der Waals surface area contributed by atoms with Crippen molar-refractivity contribution >= 4 is 34.6 Å². The number of rotatable bonds is 5. The number of nitrogens with zero attached hydrogens (tertiary/aromatic N) is 2. The van der Waals surface area contributed by atoms with Crippen LogP contribution in [0.5, 0.6) is 5.75 Å². The molecule has 0 unspecified atom stereocenters. The number of para-hydroxylation sites is 1. The lowest BCUT2D eigenvalue weighted by Crippen LogP contribution is -2.24. The molecule has 0 bridgehead atoms. The summed E-state index contributed by atoms with van der Waals surface area (Å²) < 4.78 is 5.47. The molecule has 0 fully saturated rings. The molecule has 0 saturated heterocycles. The van der Waals surface area contributed by atoms with Gasteiger partial charge in [0.05, 0.1) is 11.7 Å². The summed E-state index contributed by atoms with van der Waals surface area (Å²) in [5.74, 6) is 0.314. The number of aromatic nitrogens is 1. The standard InChI is InChI=1S/C20H18ClN3O2/c1-13-7-8-15-10-16(20(21)23-17(15)9-13)11-22-24-19(25)12-26-18-6-4-3-5-14(18)2/h3-11H,12H2,1-2H3,(H,24,25)/b22-11-. The Kier molecular flexibility index (Phi) is 5.49. The number of halogens is 1.